The van der Waals surface area contributed by atoms with E-state index >= 15 is 0 Å². The predicted octanol–water partition coefficient (Wildman–Crippen LogP) is 1.71. The summed E-state index contributed by atoms with van der Waals surface area (Å²) in [6.45, 7) is 4.18. The van der Waals surface area contributed by atoms with Crippen LogP contribution in [0.5, 0.6) is 12.0 Å². The highest BCUT2D eigenvalue weighted by molar-refractivity contribution is 6.28. The van der Waals surface area contributed by atoms with Crippen molar-refractivity contribution in [1.82, 2.24) is 15.0 Å². The maximum Gasteiger partial charge on any atom is 0.325 e. The molecule has 1 rings (SSSR count). The van der Waals surface area contributed by atoms with E-state index in [-0.39, 0.29) is 17.3 Å². The van der Waals surface area contributed by atoms with Gasteiger partial charge in [-0.05, 0) is 24.9 Å². The molecule has 0 aliphatic rings. The van der Waals surface area contributed by atoms with Crippen molar-refractivity contribution >= 4 is 11.6 Å². The van der Waals surface area contributed by atoms with Gasteiger partial charge in [0.05, 0.1) is 6.61 Å². The van der Waals surface area contributed by atoms with Crippen molar-refractivity contribution in [2.24, 2.45) is 0 Å². The van der Waals surface area contributed by atoms with Crippen molar-refractivity contribution in [2.75, 3.05) is 6.61 Å². The Morgan fingerprint density at radius 3 is 2.69 bits per heavy atom. The quantitative estimate of drug-likeness (QED) is 0.735. The highest BCUT2D eigenvalue weighted by atomic mass is 35.5. The summed E-state index contributed by atoms with van der Waals surface area (Å²) < 4.78 is 10.4. The lowest BCUT2D eigenvalue weighted by atomic mass is 10.4. The molecule has 0 aromatic carbocycles. The Hall–Kier alpha value is -1.54. The van der Waals surface area contributed by atoms with Crippen molar-refractivity contribution in [3.8, 4) is 24.4 Å². The van der Waals surface area contributed by atoms with Crippen LogP contribution in [0.25, 0.3) is 0 Å². The van der Waals surface area contributed by atoms with Gasteiger partial charge in [0.1, 0.15) is 0 Å². The number of aromatic nitrogens is 3. The Balaban J connectivity index is 2.77. The van der Waals surface area contributed by atoms with E-state index in [1.807, 2.05) is 6.92 Å². The highest BCUT2D eigenvalue weighted by Crippen LogP contribution is 2.14. The normalized spacial score (nSPS) is 11.6. The van der Waals surface area contributed by atoms with Gasteiger partial charge in [-0.3, -0.25) is 0 Å². The number of halogens is 1. The lowest BCUT2D eigenvalue weighted by Gasteiger charge is -2.08. The molecule has 0 saturated heterocycles. The molecular weight excluding hydrogens is 230 g/mol. The minimum Gasteiger partial charge on any atom is -0.463 e. The lowest BCUT2D eigenvalue weighted by Crippen LogP contribution is -2.12. The largest absolute Gasteiger partial charge is 0.463 e. The van der Waals surface area contributed by atoms with E-state index in [4.69, 9.17) is 27.5 Å². The van der Waals surface area contributed by atoms with E-state index in [0.717, 1.165) is 6.42 Å². The number of hydrogen-bond donors (Lipinski definition) is 0. The van der Waals surface area contributed by atoms with Gasteiger partial charge in [0.2, 0.25) is 5.28 Å². The molecule has 1 heterocycles. The van der Waals surface area contributed by atoms with Crippen molar-refractivity contribution in [3.63, 3.8) is 0 Å². The van der Waals surface area contributed by atoms with Crippen LogP contribution in [0.1, 0.15) is 20.3 Å². The van der Waals surface area contributed by atoms with Crippen molar-refractivity contribution in [3.05, 3.63) is 5.28 Å². The minimum atomic E-state index is -0.433. The first-order valence-electron chi connectivity index (χ1n) is 4.83. The summed E-state index contributed by atoms with van der Waals surface area (Å²) in [6.07, 6.45) is 5.58. The summed E-state index contributed by atoms with van der Waals surface area (Å²) in [7, 11) is 0. The van der Waals surface area contributed by atoms with Crippen LogP contribution >= 0.6 is 11.6 Å². The third-order valence-electron chi connectivity index (χ3n) is 1.52. The molecule has 1 atom stereocenters. The molecule has 0 bridgehead atoms. The van der Waals surface area contributed by atoms with Gasteiger partial charge in [-0.25, -0.2) is 0 Å². The average Bonchev–Trinajstić information content (AvgIpc) is 2.25. The molecule has 0 radical (unpaired) electrons. The molecule has 1 unspecified atom stereocenters. The molecule has 0 spiro atoms. The second kappa shape index (κ2) is 6.13. The van der Waals surface area contributed by atoms with Gasteiger partial charge in [0.25, 0.3) is 0 Å². The highest BCUT2D eigenvalue weighted by Gasteiger charge is 2.09. The Morgan fingerprint density at radius 1 is 1.38 bits per heavy atom. The van der Waals surface area contributed by atoms with Gasteiger partial charge in [-0.15, -0.1) is 11.4 Å². The van der Waals surface area contributed by atoms with Crippen LogP contribution in [0.2, 0.25) is 5.28 Å². The Labute approximate surface area is 99.2 Å². The first-order valence-corrected chi connectivity index (χ1v) is 5.20. The second-order valence-electron chi connectivity index (χ2n) is 2.94. The van der Waals surface area contributed by atoms with Crippen LogP contribution < -0.4 is 9.47 Å². The lowest BCUT2D eigenvalue weighted by molar-refractivity contribution is 0.239. The number of ether oxygens (including phenoxy) is 2. The topological polar surface area (TPSA) is 57.1 Å². The summed E-state index contributed by atoms with van der Waals surface area (Å²) in [4.78, 5) is 11.5. The maximum absolute atomic E-state index is 5.68. The molecule has 5 nitrogen and oxygen atoms in total. The molecule has 1 aromatic rings. The Kier molecular flexibility index (Phi) is 4.80. The van der Waals surface area contributed by atoms with Crippen LogP contribution in [0, 0.1) is 12.3 Å². The first kappa shape index (κ1) is 12.5. The summed E-state index contributed by atoms with van der Waals surface area (Å²) >= 11 is 5.68. The molecule has 0 amide bonds. The van der Waals surface area contributed by atoms with Crippen LogP contribution in [-0.2, 0) is 0 Å². The van der Waals surface area contributed by atoms with Crippen LogP contribution in [0.15, 0.2) is 0 Å². The molecule has 0 fully saturated rings. The van der Waals surface area contributed by atoms with Gasteiger partial charge in [-0.1, -0.05) is 12.8 Å². The third kappa shape index (κ3) is 3.91. The SMILES string of the molecule is C#CC(C)Oc1nc(Cl)nc(OCCC)n1. The number of nitrogens with zero attached hydrogens (tertiary/aromatic N) is 3. The van der Waals surface area contributed by atoms with Gasteiger partial charge >= 0.3 is 12.0 Å². The van der Waals surface area contributed by atoms with E-state index in [2.05, 4.69) is 20.9 Å². The van der Waals surface area contributed by atoms with E-state index < -0.39 is 6.10 Å². The predicted molar refractivity (Wildman–Crippen MR) is 59.5 cm³/mol. The Bertz CT molecular complexity index is 392. The molecule has 0 N–H and O–H groups in total. The fraction of sp³-hybridized carbons (Fsp3) is 0.500. The molecule has 1 aromatic heterocycles. The van der Waals surface area contributed by atoms with Crippen molar-refractivity contribution in [2.45, 2.75) is 26.4 Å². The fourth-order valence-electron chi connectivity index (χ4n) is 0.817. The summed E-state index contributed by atoms with van der Waals surface area (Å²) in [6, 6.07) is 0.206. The zero-order valence-electron chi connectivity index (χ0n) is 9.11. The van der Waals surface area contributed by atoms with Gasteiger partial charge < -0.3 is 9.47 Å². The van der Waals surface area contributed by atoms with E-state index in [9.17, 15) is 0 Å². The van der Waals surface area contributed by atoms with Gasteiger partial charge in [-0.2, -0.15) is 9.97 Å². The second-order valence-corrected chi connectivity index (χ2v) is 3.28. The molecule has 6 heteroatoms. The van der Waals surface area contributed by atoms with Crippen molar-refractivity contribution in [1.29, 1.82) is 0 Å². The molecular formula is C10H12ClN3O2. The number of hydrogen-bond acceptors (Lipinski definition) is 5. The van der Waals surface area contributed by atoms with Crippen LogP contribution in [0.3, 0.4) is 0 Å². The summed E-state index contributed by atoms with van der Waals surface area (Å²) in [5.74, 6) is 2.39. The number of rotatable bonds is 5. The van der Waals surface area contributed by atoms with Gasteiger partial charge in [0, 0.05) is 0 Å². The third-order valence-corrected chi connectivity index (χ3v) is 1.69. The molecule has 16 heavy (non-hydrogen) atoms. The van der Waals surface area contributed by atoms with E-state index in [1.165, 1.54) is 0 Å². The van der Waals surface area contributed by atoms with Gasteiger partial charge in [0.15, 0.2) is 6.10 Å². The van der Waals surface area contributed by atoms with Crippen LogP contribution in [-0.4, -0.2) is 27.7 Å². The zero-order chi connectivity index (χ0) is 12.0. The summed E-state index contributed by atoms with van der Waals surface area (Å²) in [5.41, 5.74) is 0. The van der Waals surface area contributed by atoms with Crippen molar-refractivity contribution < 1.29 is 9.47 Å². The monoisotopic (exact) mass is 241 g/mol. The smallest absolute Gasteiger partial charge is 0.325 e. The molecule has 0 aliphatic heterocycles. The van der Waals surface area contributed by atoms with Crippen LogP contribution in [0.4, 0.5) is 0 Å². The van der Waals surface area contributed by atoms with E-state index in [0.29, 0.717) is 6.61 Å². The minimum absolute atomic E-state index is 0.0142. The fourth-order valence-corrected chi connectivity index (χ4v) is 0.962. The molecule has 86 valence electrons. The molecule has 0 saturated carbocycles. The molecule has 0 aliphatic carbocycles. The first-order chi connectivity index (χ1) is 7.65. The average molecular weight is 242 g/mol. The summed E-state index contributed by atoms with van der Waals surface area (Å²) in [5, 5.41) is 0.0142. The Morgan fingerprint density at radius 2 is 2.06 bits per heavy atom. The standard InChI is InChI=1S/C10H12ClN3O2/c1-4-6-15-9-12-8(11)13-10(14-9)16-7(3)5-2/h2,7H,4,6H2,1,3H3. The zero-order valence-corrected chi connectivity index (χ0v) is 9.86. The van der Waals surface area contributed by atoms with E-state index in [1.54, 1.807) is 6.92 Å². The maximum atomic E-state index is 5.68. The number of terminal acetylenes is 1.